The van der Waals surface area contributed by atoms with E-state index < -0.39 is 23.6 Å². The summed E-state index contributed by atoms with van der Waals surface area (Å²) in [4.78, 5) is 16.0. The number of hydrogen-bond acceptors (Lipinski definition) is 5. The predicted octanol–water partition coefficient (Wildman–Crippen LogP) is 4.36. The van der Waals surface area contributed by atoms with Gasteiger partial charge in [0.25, 0.3) is 0 Å². The van der Waals surface area contributed by atoms with E-state index in [1.54, 1.807) is 26.8 Å². The fourth-order valence-electron chi connectivity index (χ4n) is 1.75. The molecule has 1 aromatic heterocycles. The lowest BCUT2D eigenvalue weighted by atomic mass is 10.1. The van der Waals surface area contributed by atoms with Crippen molar-refractivity contribution in [1.29, 1.82) is 0 Å². The SMILES string of the molecule is CC(C)(C)OC(=O)Nc1nc(Cl)c(C(O)c2cccc(F)c2)s1. The van der Waals surface area contributed by atoms with Gasteiger partial charge in [0.2, 0.25) is 0 Å². The molecule has 2 aromatic rings. The Balaban J connectivity index is 2.16. The number of nitrogens with one attached hydrogen (secondary N) is 1. The van der Waals surface area contributed by atoms with Crippen LogP contribution >= 0.6 is 22.9 Å². The Morgan fingerprint density at radius 3 is 2.78 bits per heavy atom. The normalized spacial score (nSPS) is 12.8. The minimum atomic E-state index is -1.13. The topological polar surface area (TPSA) is 71.5 Å². The summed E-state index contributed by atoms with van der Waals surface area (Å²) in [6, 6.07) is 5.55. The number of hydrogen-bond donors (Lipinski definition) is 2. The largest absolute Gasteiger partial charge is 0.444 e. The van der Waals surface area contributed by atoms with E-state index in [-0.39, 0.29) is 10.3 Å². The molecule has 2 rings (SSSR count). The second kappa shape index (κ2) is 6.82. The number of anilines is 1. The number of benzene rings is 1. The number of thiazole rings is 1. The van der Waals surface area contributed by atoms with Gasteiger partial charge in [-0.15, -0.1) is 0 Å². The molecule has 0 bridgehead atoms. The van der Waals surface area contributed by atoms with Crippen molar-refractivity contribution in [3.05, 3.63) is 45.7 Å². The van der Waals surface area contributed by atoms with Crippen molar-refractivity contribution in [1.82, 2.24) is 4.98 Å². The Kier molecular flexibility index (Phi) is 5.23. The minimum absolute atomic E-state index is 0.0396. The lowest BCUT2D eigenvalue weighted by Gasteiger charge is -2.18. The summed E-state index contributed by atoms with van der Waals surface area (Å²) in [5, 5.41) is 13.0. The zero-order chi connectivity index (χ0) is 17.2. The first-order valence-corrected chi connectivity index (χ1v) is 7.95. The van der Waals surface area contributed by atoms with Crippen molar-refractivity contribution in [2.75, 3.05) is 5.32 Å². The molecule has 0 radical (unpaired) electrons. The summed E-state index contributed by atoms with van der Waals surface area (Å²) >= 11 is 6.99. The van der Waals surface area contributed by atoms with Crippen LogP contribution < -0.4 is 5.32 Å². The van der Waals surface area contributed by atoms with E-state index in [0.29, 0.717) is 10.4 Å². The van der Waals surface area contributed by atoms with Crippen LogP contribution in [0.5, 0.6) is 0 Å². The van der Waals surface area contributed by atoms with E-state index in [1.807, 2.05) is 0 Å². The summed E-state index contributed by atoms with van der Waals surface area (Å²) in [5.74, 6) is -0.464. The summed E-state index contributed by atoms with van der Waals surface area (Å²) in [6.07, 6.45) is -1.81. The van der Waals surface area contributed by atoms with Crippen LogP contribution in [0.15, 0.2) is 24.3 Å². The molecule has 2 N–H and O–H groups in total. The fourth-order valence-corrected chi connectivity index (χ4v) is 2.97. The van der Waals surface area contributed by atoms with Crippen molar-refractivity contribution in [3.63, 3.8) is 0 Å². The number of carbonyl (C=O) groups is 1. The van der Waals surface area contributed by atoms with E-state index in [1.165, 1.54) is 18.2 Å². The summed E-state index contributed by atoms with van der Waals surface area (Å²) in [7, 11) is 0. The van der Waals surface area contributed by atoms with Gasteiger partial charge in [0.05, 0.1) is 4.88 Å². The summed E-state index contributed by atoms with van der Waals surface area (Å²) in [6.45, 7) is 5.21. The maximum absolute atomic E-state index is 13.2. The van der Waals surface area contributed by atoms with Crippen LogP contribution in [0.2, 0.25) is 5.15 Å². The van der Waals surface area contributed by atoms with Crippen LogP contribution in [0.3, 0.4) is 0 Å². The molecule has 0 saturated carbocycles. The van der Waals surface area contributed by atoms with E-state index in [9.17, 15) is 14.3 Å². The third-order valence-electron chi connectivity index (χ3n) is 2.63. The van der Waals surface area contributed by atoms with Crippen LogP contribution in [0.1, 0.15) is 37.3 Å². The van der Waals surface area contributed by atoms with Gasteiger partial charge in [0, 0.05) is 0 Å². The number of nitrogens with zero attached hydrogens (tertiary/aromatic N) is 1. The molecule has 0 saturated heterocycles. The van der Waals surface area contributed by atoms with Gasteiger partial charge in [-0.1, -0.05) is 35.1 Å². The molecule has 5 nitrogen and oxygen atoms in total. The highest BCUT2D eigenvalue weighted by Crippen LogP contribution is 2.35. The van der Waals surface area contributed by atoms with Gasteiger partial charge in [0.15, 0.2) is 5.13 Å². The molecule has 1 unspecified atom stereocenters. The van der Waals surface area contributed by atoms with Crippen LogP contribution in [-0.2, 0) is 4.74 Å². The Hall–Kier alpha value is -1.70. The van der Waals surface area contributed by atoms with Crippen molar-refractivity contribution < 1.29 is 19.0 Å². The number of aromatic nitrogens is 1. The van der Waals surface area contributed by atoms with E-state index in [4.69, 9.17) is 16.3 Å². The molecule has 1 amide bonds. The zero-order valence-electron chi connectivity index (χ0n) is 12.8. The number of rotatable bonds is 3. The number of halogens is 2. The van der Waals surface area contributed by atoms with Gasteiger partial charge in [0.1, 0.15) is 22.7 Å². The maximum atomic E-state index is 13.2. The van der Waals surface area contributed by atoms with Gasteiger partial charge in [-0.25, -0.2) is 14.2 Å². The zero-order valence-corrected chi connectivity index (χ0v) is 14.3. The molecular formula is C15H16ClFN2O3S. The molecule has 0 spiro atoms. The number of carbonyl (C=O) groups excluding carboxylic acids is 1. The van der Waals surface area contributed by atoms with Crippen LogP contribution in [0.25, 0.3) is 0 Å². The Labute approximate surface area is 142 Å². The first kappa shape index (κ1) is 17.7. The molecule has 0 aliphatic carbocycles. The Morgan fingerprint density at radius 2 is 2.17 bits per heavy atom. The highest BCUT2D eigenvalue weighted by Gasteiger charge is 2.22. The monoisotopic (exact) mass is 358 g/mol. The van der Waals surface area contributed by atoms with Crippen molar-refractivity contribution in [2.45, 2.75) is 32.5 Å². The highest BCUT2D eigenvalue weighted by atomic mass is 35.5. The van der Waals surface area contributed by atoms with Gasteiger partial charge in [-0.2, -0.15) is 0 Å². The van der Waals surface area contributed by atoms with Crippen molar-refractivity contribution in [3.8, 4) is 0 Å². The maximum Gasteiger partial charge on any atom is 0.413 e. The fraction of sp³-hybridized carbons (Fsp3) is 0.333. The second-order valence-corrected chi connectivity index (χ2v) is 7.15. The number of aliphatic hydroxyl groups excluding tert-OH is 1. The van der Waals surface area contributed by atoms with E-state index in [0.717, 1.165) is 11.3 Å². The summed E-state index contributed by atoms with van der Waals surface area (Å²) in [5.41, 5.74) is -0.297. The Bertz CT molecular complexity index is 715. The quantitative estimate of drug-likeness (QED) is 0.854. The number of aliphatic hydroxyl groups is 1. The molecule has 0 fully saturated rings. The second-order valence-electron chi connectivity index (χ2n) is 5.76. The molecule has 1 heterocycles. The van der Waals surface area contributed by atoms with Crippen LogP contribution in [0.4, 0.5) is 14.3 Å². The van der Waals surface area contributed by atoms with Gasteiger partial charge in [-0.05, 0) is 38.5 Å². The number of amides is 1. The molecule has 8 heteroatoms. The average Bonchev–Trinajstić information content (AvgIpc) is 2.76. The van der Waals surface area contributed by atoms with Crippen LogP contribution in [0, 0.1) is 5.82 Å². The standard InChI is InChI=1S/C15H16ClFN2O3S/c1-15(2,3)22-14(21)19-13-18-12(16)11(23-13)10(20)8-5-4-6-9(17)7-8/h4-7,10,20H,1-3H3,(H,18,19,21). The third-order valence-corrected chi connectivity index (χ3v) is 4.05. The molecule has 0 aliphatic heterocycles. The van der Waals surface area contributed by atoms with Gasteiger partial charge >= 0.3 is 6.09 Å². The van der Waals surface area contributed by atoms with Crippen LogP contribution in [-0.4, -0.2) is 21.8 Å². The number of ether oxygens (including phenoxy) is 1. The molecular weight excluding hydrogens is 343 g/mol. The van der Waals surface area contributed by atoms with E-state index >= 15 is 0 Å². The lowest BCUT2D eigenvalue weighted by Crippen LogP contribution is -2.27. The molecule has 0 aliphatic rings. The lowest BCUT2D eigenvalue weighted by molar-refractivity contribution is 0.0636. The molecule has 1 atom stereocenters. The smallest absolute Gasteiger partial charge is 0.413 e. The average molecular weight is 359 g/mol. The van der Waals surface area contributed by atoms with Gasteiger partial charge in [-0.3, -0.25) is 5.32 Å². The predicted molar refractivity (Wildman–Crippen MR) is 87.4 cm³/mol. The van der Waals surface area contributed by atoms with Crippen molar-refractivity contribution in [2.24, 2.45) is 0 Å². The third kappa shape index (κ3) is 4.89. The first-order chi connectivity index (χ1) is 10.7. The van der Waals surface area contributed by atoms with Crippen molar-refractivity contribution >= 4 is 34.2 Å². The first-order valence-electron chi connectivity index (χ1n) is 6.75. The Morgan fingerprint density at radius 1 is 1.48 bits per heavy atom. The molecule has 1 aromatic carbocycles. The van der Waals surface area contributed by atoms with Gasteiger partial charge < -0.3 is 9.84 Å². The summed E-state index contributed by atoms with van der Waals surface area (Å²) < 4.78 is 18.4. The van der Waals surface area contributed by atoms with E-state index in [2.05, 4.69) is 10.3 Å². The highest BCUT2D eigenvalue weighted by molar-refractivity contribution is 7.16. The molecule has 124 valence electrons. The molecule has 23 heavy (non-hydrogen) atoms. The minimum Gasteiger partial charge on any atom is -0.444 e.